The molecule has 2 aromatic rings. The fraction of sp³-hybridized carbons (Fsp3) is 0.267. The Labute approximate surface area is 136 Å². The lowest BCUT2D eigenvalue weighted by Crippen LogP contribution is -2.33. The second kappa shape index (κ2) is 6.64. The number of ether oxygens (including phenoxy) is 1. The SMILES string of the molecule is O=C(O)[C@H]1CS[C@@H](c2ccc(COc3ccc(Cl)cc3)o2)N1. The standard InChI is InChI=1S/C15H14ClNO4S/c16-9-1-3-10(4-2-9)20-7-11-5-6-13(21-11)14-17-12(8-22-14)15(18)19/h1-6,12,14,17H,7-8H2,(H,18,19)/t12-,14+/m1/s1. The van der Waals surface area contributed by atoms with E-state index in [9.17, 15) is 4.79 Å². The zero-order valence-corrected chi connectivity index (χ0v) is 13.1. The van der Waals surface area contributed by atoms with Crippen molar-refractivity contribution in [3.05, 3.63) is 52.9 Å². The highest BCUT2D eigenvalue weighted by Gasteiger charge is 2.32. The number of hydrogen-bond donors (Lipinski definition) is 2. The summed E-state index contributed by atoms with van der Waals surface area (Å²) in [6, 6.07) is 10.2. The van der Waals surface area contributed by atoms with E-state index in [1.807, 2.05) is 12.1 Å². The summed E-state index contributed by atoms with van der Waals surface area (Å²) in [7, 11) is 0. The van der Waals surface area contributed by atoms with Gasteiger partial charge in [-0.25, -0.2) is 0 Å². The quantitative estimate of drug-likeness (QED) is 0.871. The number of nitrogens with one attached hydrogen (secondary N) is 1. The molecule has 2 heterocycles. The molecule has 1 aliphatic heterocycles. The summed E-state index contributed by atoms with van der Waals surface area (Å²) < 4.78 is 11.3. The van der Waals surface area contributed by atoms with Crippen LogP contribution in [0.2, 0.25) is 5.02 Å². The Morgan fingerprint density at radius 3 is 2.82 bits per heavy atom. The molecular weight excluding hydrogens is 326 g/mol. The topological polar surface area (TPSA) is 71.7 Å². The minimum atomic E-state index is -0.840. The third-order valence-electron chi connectivity index (χ3n) is 3.22. The number of aliphatic carboxylic acids is 1. The van der Waals surface area contributed by atoms with Crippen LogP contribution in [0, 0.1) is 0 Å². The van der Waals surface area contributed by atoms with E-state index < -0.39 is 12.0 Å². The van der Waals surface area contributed by atoms with Gasteiger partial charge in [0.25, 0.3) is 0 Å². The molecule has 1 aromatic carbocycles. The van der Waals surface area contributed by atoms with Crippen molar-refractivity contribution in [1.29, 1.82) is 0 Å². The summed E-state index contributed by atoms with van der Waals surface area (Å²) in [5, 5.41) is 12.5. The molecular formula is C15H14ClNO4S. The highest BCUT2D eigenvalue weighted by atomic mass is 35.5. The van der Waals surface area contributed by atoms with Crippen molar-refractivity contribution in [3.63, 3.8) is 0 Å². The predicted molar refractivity (Wildman–Crippen MR) is 84.3 cm³/mol. The molecule has 0 spiro atoms. The summed E-state index contributed by atoms with van der Waals surface area (Å²) in [6.45, 7) is 0.307. The molecule has 1 aliphatic rings. The Kier molecular flexibility index (Phi) is 4.61. The molecule has 3 rings (SSSR count). The molecule has 0 amide bonds. The van der Waals surface area contributed by atoms with Gasteiger partial charge in [0.15, 0.2) is 0 Å². The van der Waals surface area contributed by atoms with E-state index in [1.54, 1.807) is 24.3 Å². The molecule has 7 heteroatoms. The number of carbonyl (C=O) groups is 1. The molecule has 0 unspecified atom stereocenters. The van der Waals surface area contributed by atoms with E-state index in [0.29, 0.717) is 34.7 Å². The Bertz CT molecular complexity index is 658. The Morgan fingerprint density at radius 1 is 1.36 bits per heavy atom. The number of benzene rings is 1. The number of halogens is 1. The van der Waals surface area contributed by atoms with Gasteiger partial charge in [-0.2, -0.15) is 0 Å². The van der Waals surface area contributed by atoms with Crippen LogP contribution in [0.4, 0.5) is 0 Å². The first-order chi connectivity index (χ1) is 10.6. The molecule has 0 radical (unpaired) electrons. The van der Waals surface area contributed by atoms with Crippen molar-refractivity contribution >= 4 is 29.3 Å². The number of rotatable bonds is 5. The van der Waals surface area contributed by atoms with E-state index in [2.05, 4.69) is 5.32 Å². The molecule has 2 atom stereocenters. The molecule has 1 saturated heterocycles. The minimum Gasteiger partial charge on any atom is -0.486 e. The van der Waals surface area contributed by atoms with Crippen LogP contribution in [0.25, 0.3) is 0 Å². The molecule has 22 heavy (non-hydrogen) atoms. The van der Waals surface area contributed by atoms with Gasteiger partial charge in [0.1, 0.15) is 35.3 Å². The lowest BCUT2D eigenvalue weighted by molar-refractivity contribution is -0.138. The van der Waals surface area contributed by atoms with Crippen molar-refractivity contribution in [2.45, 2.75) is 18.0 Å². The molecule has 116 valence electrons. The fourth-order valence-corrected chi connectivity index (χ4v) is 3.38. The first-order valence-corrected chi connectivity index (χ1v) is 8.12. The molecule has 2 N–H and O–H groups in total. The Morgan fingerprint density at radius 2 is 2.14 bits per heavy atom. The first-order valence-electron chi connectivity index (χ1n) is 6.69. The minimum absolute atomic E-state index is 0.134. The smallest absolute Gasteiger partial charge is 0.321 e. The van der Waals surface area contributed by atoms with Crippen LogP contribution < -0.4 is 10.1 Å². The second-order valence-electron chi connectivity index (χ2n) is 4.82. The zero-order valence-electron chi connectivity index (χ0n) is 11.5. The number of carboxylic acid groups (broad SMARTS) is 1. The van der Waals surface area contributed by atoms with Gasteiger partial charge in [-0.05, 0) is 36.4 Å². The maximum absolute atomic E-state index is 10.9. The molecule has 1 aromatic heterocycles. The van der Waals surface area contributed by atoms with Crippen molar-refractivity contribution in [3.8, 4) is 5.75 Å². The Hall–Kier alpha value is -1.63. The lowest BCUT2D eigenvalue weighted by atomic mass is 10.3. The number of carboxylic acids is 1. The summed E-state index contributed by atoms with van der Waals surface area (Å²) in [5.41, 5.74) is 0. The van der Waals surface area contributed by atoms with Crippen molar-refractivity contribution in [2.75, 3.05) is 5.75 Å². The second-order valence-corrected chi connectivity index (χ2v) is 6.39. The van der Waals surface area contributed by atoms with E-state index in [-0.39, 0.29) is 5.37 Å². The van der Waals surface area contributed by atoms with Gasteiger partial charge in [-0.15, -0.1) is 11.8 Å². The monoisotopic (exact) mass is 339 g/mol. The van der Waals surface area contributed by atoms with Crippen molar-refractivity contribution in [2.24, 2.45) is 0 Å². The largest absolute Gasteiger partial charge is 0.486 e. The van der Waals surface area contributed by atoms with Crippen LogP contribution in [-0.2, 0) is 11.4 Å². The average molecular weight is 340 g/mol. The highest BCUT2D eigenvalue weighted by Crippen LogP contribution is 2.34. The Balaban J connectivity index is 1.57. The van der Waals surface area contributed by atoms with Gasteiger partial charge in [0.2, 0.25) is 0 Å². The van der Waals surface area contributed by atoms with E-state index >= 15 is 0 Å². The summed E-state index contributed by atoms with van der Waals surface area (Å²) in [5.74, 6) is 1.79. The van der Waals surface area contributed by atoms with Gasteiger partial charge in [-0.1, -0.05) is 11.6 Å². The highest BCUT2D eigenvalue weighted by molar-refractivity contribution is 7.99. The first kappa shape index (κ1) is 15.3. The number of thioether (sulfide) groups is 1. The third-order valence-corrected chi connectivity index (χ3v) is 4.70. The average Bonchev–Trinajstić information content (AvgIpc) is 3.15. The zero-order chi connectivity index (χ0) is 15.5. The van der Waals surface area contributed by atoms with Crippen LogP contribution in [0.15, 0.2) is 40.8 Å². The normalized spacial score (nSPS) is 21.0. The summed E-state index contributed by atoms with van der Waals surface area (Å²) in [6.07, 6.45) is 0. The van der Waals surface area contributed by atoms with Crippen LogP contribution in [-0.4, -0.2) is 22.9 Å². The van der Waals surface area contributed by atoms with E-state index in [0.717, 1.165) is 0 Å². The lowest BCUT2D eigenvalue weighted by Gasteiger charge is -2.08. The van der Waals surface area contributed by atoms with Crippen LogP contribution >= 0.6 is 23.4 Å². The van der Waals surface area contributed by atoms with E-state index in [4.69, 9.17) is 25.9 Å². The molecule has 5 nitrogen and oxygen atoms in total. The summed E-state index contributed by atoms with van der Waals surface area (Å²) >= 11 is 7.33. The third kappa shape index (κ3) is 3.58. The fourth-order valence-electron chi connectivity index (χ4n) is 2.08. The van der Waals surface area contributed by atoms with Crippen molar-refractivity contribution < 1.29 is 19.1 Å². The van der Waals surface area contributed by atoms with Gasteiger partial charge in [0.05, 0.1) is 0 Å². The van der Waals surface area contributed by atoms with Gasteiger partial charge in [0, 0.05) is 10.8 Å². The maximum Gasteiger partial charge on any atom is 0.321 e. The van der Waals surface area contributed by atoms with Crippen LogP contribution in [0.1, 0.15) is 16.9 Å². The molecule has 0 aliphatic carbocycles. The number of hydrogen-bond acceptors (Lipinski definition) is 5. The van der Waals surface area contributed by atoms with Gasteiger partial charge >= 0.3 is 5.97 Å². The van der Waals surface area contributed by atoms with E-state index in [1.165, 1.54) is 11.8 Å². The van der Waals surface area contributed by atoms with Crippen LogP contribution in [0.5, 0.6) is 5.75 Å². The maximum atomic E-state index is 10.9. The predicted octanol–water partition coefficient (Wildman–Crippen LogP) is 3.30. The van der Waals surface area contributed by atoms with Gasteiger partial charge < -0.3 is 14.3 Å². The van der Waals surface area contributed by atoms with Gasteiger partial charge in [-0.3, -0.25) is 10.1 Å². The molecule has 0 bridgehead atoms. The summed E-state index contributed by atoms with van der Waals surface area (Å²) in [4.78, 5) is 10.9. The number of furan rings is 1. The molecule has 0 saturated carbocycles. The van der Waals surface area contributed by atoms with Crippen molar-refractivity contribution in [1.82, 2.24) is 5.32 Å². The van der Waals surface area contributed by atoms with Crippen LogP contribution in [0.3, 0.4) is 0 Å². The molecule has 1 fully saturated rings.